The summed E-state index contributed by atoms with van der Waals surface area (Å²) in [5, 5.41) is 0. The summed E-state index contributed by atoms with van der Waals surface area (Å²) < 4.78 is 0.974. The zero-order valence-electron chi connectivity index (χ0n) is 11.8. The molecule has 3 heteroatoms. The molecule has 1 aliphatic rings. The van der Waals surface area contributed by atoms with Crippen molar-refractivity contribution in [3.63, 3.8) is 0 Å². The number of amides is 1. The highest BCUT2D eigenvalue weighted by Gasteiger charge is 2.19. The quantitative estimate of drug-likeness (QED) is 0.806. The lowest BCUT2D eigenvalue weighted by Gasteiger charge is -2.27. The van der Waals surface area contributed by atoms with E-state index >= 15 is 0 Å². The van der Waals surface area contributed by atoms with Gasteiger partial charge in [0.25, 0.3) is 5.91 Å². The summed E-state index contributed by atoms with van der Waals surface area (Å²) in [5.41, 5.74) is 1.90. The SMILES string of the molecule is Cc1cc(Br)cc(C(=O)N(C)CC2CCCCC2)c1. The molecular weight excluding hydrogens is 302 g/mol. The highest BCUT2D eigenvalue weighted by Crippen LogP contribution is 2.25. The third-order valence-electron chi connectivity index (χ3n) is 3.89. The van der Waals surface area contributed by atoms with Gasteiger partial charge in [-0.2, -0.15) is 0 Å². The molecule has 1 aliphatic carbocycles. The number of rotatable bonds is 3. The molecular formula is C16H22BrNO. The Balaban J connectivity index is 2.01. The van der Waals surface area contributed by atoms with Crippen LogP contribution in [0.4, 0.5) is 0 Å². The highest BCUT2D eigenvalue weighted by molar-refractivity contribution is 9.10. The van der Waals surface area contributed by atoms with E-state index in [0.29, 0.717) is 5.92 Å². The molecule has 1 fully saturated rings. The predicted molar refractivity (Wildman–Crippen MR) is 82.4 cm³/mol. The molecule has 19 heavy (non-hydrogen) atoms. The fourth-order valence-corrected chi connectivity index (χ4v) is 3.53. The Morgan fingerprint density at radius 2 is 1.95 bits per heavy atom. The molecule has 0 bridgehead atoms. The molecule has 0 atom stereocenters. The third kappa shape index (κ3) is 4.07. The fourth-order valence-electron chi connectivity index (χ4n) is 2.92. The molecule has 2 nitrogen and oxygen atoms in total. The molecule has 0 aliphatic heterocycles. The van der Waals surface area contributed by atoms with Crippen LogP contribution in [0.3, 0.4) is 0 Å². The van der Waals surface area contributed by atoms with Crippen LogP contribution in [0, 0.1) is 12.8 Å². The predicted octanol–water partition coefficient (Wildman–Crippen LogP) is 4.41. The Labute approximate surface area is 124 Å². The van der Waals surface area contributed by atoms with Crippen LogP contribution in [-0.2, 0) is 0 Å². The van der Waals surface area contributed by atoms with Gasteiger partial charge in [-0.1, -0.05) is 35.2 Å². The van der Waals surface area contributed by atoms with Gasteiger partial charge in [-0.3, -0.25) is 4.79 Å². The number of hydrogen-bond donors (Lipinski definition) is 0. The number of halogens is 1. The molecule has 0 radical (unpaired) electrons. The van der Waals surface area contributed by atoms with Gasteiger partial charge in [-0.15, -0.1) is 0 Å². The maximum absolute atomic E-state index is 12.4. The van der Waals surface area contributed by atoms with E-state index in [1.165, 1.54) is 32.1 Å². The Morgan fingerprint density at radius 3 is 2.58 bits per heavy atom. The normalized spacial score (nSPS) is 16.4. The zero-order valence-corrected chi connectivity index (χ0v) is 13.4. The second-order valence-corrected chi connectivity index (χ2v) is 6.62. The number of aryl methyl sites for hydroxylation is 1. The first-order valence-corrected chi connectivity index (χ1v) is 7.88. The van der Waals surface area contributed by atoms with Crippen molar-refractivity contribution in [1.29, 1.82) is 0 Å². The van der Waals surface area contributed by atoms with Gasteiger partial charge in [-0.25, -0.2) is 0 Å². The van der Waals surface area contributed by atoms with Crippen molar-refractivity contribution >= 4 is 21.8 Å². The lowest BCUT2D eigenvalue weighted by molar-refractivity contribution is 0.0760. The zero-order chi connectivity index (χ0) is 13.8. The molecule has 1 amide bonds. The van der Waals surface area contributed by atoms with E-state index in [1.54, 1.807) is 0 Å². The van der Waals surface area contributed by atoms with Crippen molar-refractivity contribution in [2.24, 2.45) is 5.92 Å². The second kappa shape index (κ2) is 6.56. The molecule has 1 saturated carbocycles. The summed E-state index contributed by atoms with van der Waals surface area (Å²) in [6.45, 7) is 2.91. The number of hydrogen-bond acceptors (Lipinski definition) is 1. The van der Waals surface area contributed by atoms with E-state index in [2.05, 4.69) is 15.9 Å². The molecule has 104 valence electrons. The summed E-state index contributed by atoms with van der Waals surface area (Å²) in [5.74, 6) is 0.825. The average Bonchev–Trinajstić information content (AvgIpc) is 2.37. The van der Waals surface area contributed by atoms with Crippen LogP contribution in [0.1, 0.15) is 48.0 Å². The Kier molecular flexibility index (Phi) is 5.03. The Bertz CT molecular complexity index is 432. The van der Waals surface area contributed by atoms with Crippen LogP contribution < -0.4 is 0 Å². The van der Waals surface area contributed by atoms with E-state index < -0.39 is 0 Å². The van der Waals surface area contributed by atoms with E-state index in [0.717, 1.165) is 22.1 Å². The van der Waals surface area contributed by atoms with Gasteiger partial charge >= 0.3 is 0 Å². The first kappa shape index (κ1) is 14.6. The Morgan fingerprint density at radius 1 is 1.26 bits per heavy atom. The first-order chi connectivity index (χ1) is 9.06. The van der Waals surface area contributed by atoms with Gasteiger partial charge in [0, 0.05) is 23.6 Å². The van der Waals surface area contributed by atoms with Gasteiger partial charge in [0.05, 0.1) is 0 Å². The van der Waals surface area contributed by atoms with Crippen molar-refractivity contribution in [2.45, 2.75) is 39.0 Å². The molecule has 0 unspecified atom stereocenters. The minimum Gasteiger partial charge on any atom is -0.341 e. The molecule has 1 aromatic carbocycles. The minimum absolute atomic E-state index is 0.134. The summed E-state index contributed by atoms with van der Waals surface area (Å²) in [7, 11) is 1.92. The van der Waals surface area contributed by atoms with Crippen LogP contribution in [0.25, 0.3) is 0 Å². The Hall–Kier alpha value is -0.830. The van der Waals surface area contributed by atoms with Crippen molar-refractivity contribution in [2.75, 3.05) is 13.6 Å². The number of benzene rings is 1. The highest BCUT2D eigenvalue weighted by atomic mass is 79.9. The lowest BCUT2D eigenvalue weighted by atomic mass is 9.89. The number of nitrogens with zero attached hydrogens (tertiary/aromatic N) is 1. The molecule has 0 saturated heterocycles. The van der Waals surface area contributed by atoms with E-state index in [4.69, 9.17) is 0 Å². The standard InChI is InChI=1S/C16H22BrNO/c1-12-8-14(10-15(17)9-12)16(19)18(2)11-13-6-4-3-5-7-13/h8-10,13H,3-7,11H2,1-2H3. The molecule has 0 N–H and O–H groups in total. The summed E-state index contributed by atoms with van der Waals surface area (Å²) >= 11 is 3.46. The van der Waals surface area contributed by atoms with Crippen LogP contribution in [0.2, 0.25) is 0 Å². The monoisotopic (exact) mass is 323 g/mol. The fraction of sp³-hybridized carbons (Fsp3) is 0.562. The van der Waals surface area contributed by atoms with Gasteiger partial charge in [0.15, 0.2) is 0 Å². The van der Waals surface area contributed by atoms with Crippen LogP contribution in [0.5, 0.6) is 0 Å². The van der Waals surface area contributed by atoms with E-state index in [9.17, 15) is 4.79 Å². The van der Waals surface area contributed by atoms with Crippen molar-refractivity contribution < 1.29 is 4.79 Å². The summed E-state index contributed by atoms with van der Waals surface area (Å²) in [4.78, 5) is 14.3. The molecule has 0 aromatic heterocycles. The van der Waals surface area contributed by atoms with Gasteiger partial charge in [-0.05, 0) is 49.4 Å². The van der Waals surface area contributed by atoms with Gasteiger partial charge < -0.3 is 4.90 Å². The van der Waals surface area contributed by atoms with E-state index in [-0.39, 0.29) is 5.91 Å². The molecule has 1 aromatic rings. The van der Waals surface area contributed by atoms with Gasteiger partial charge in [0.1, 0.15) is 0 Å². The number of carbonyl (C=O) groups excluding carboxylic acids is 1. The maximum atomic E-state index is 12.4. The van der Waals surface area contributed by atoms with Crippen LogP contribution in [0.15, 0.2) is 22.7 Å². The average molecular weight is 324 g/mol. The molecule has 0 heterocycles. The number of carbonyl (C=O) groups is 1. The van der Waals surface area contributed by atoms with Crippen molar-refractivity contribution in [1.82, 2.24) is 4.90 Å². The van der Waals surface area contributed by atoms with E-state index in [1.807, 2.05) is 37.1 Å². The summed E-state index contributed by atoms with van der Waals surface area (Å²) in [6.07, 6.45) is 6.55. The van der Waals surface area contributed by atoms with Crippen LogP contribution in [-0.4, -0.2) is 24.4 Å². The first-order valence-electron chi connectivity index (χ1n) is 7.09. The third-order valence-corrected chi connectivity index (χ3v) is 4.35. The lowest BCUT2D eigenvalue weighted by Crippen LogP contribution is -2.32. The maximum Gasteiger partial charge on any atom is 0.253 e. The van der Waals surface area contributed by atoms with Crippen molar-refractivity contribution in [3.8, 4) is 0 Å². The minimum atomic E-state index is 0.134. The molecule has 0 spiro atoms. The smallest absolute Gasteiger partial charge is 0.253 e. The summed E-state index contributed by atoms with van der Waals surface area (Å²) in [6, 6.07) is 5.90. The molecule has 2 rings (SSSR count). The van der Waals surface area contributed by atoms with Gasteiger partial charge in [0.2, 0.25) is 0 Å². The second-order valence-electron chi connectivity index (χ2n) is 5.71. The largest absolute Gasteiger partial charge is 0.341 e. The van der Waals surface area contributed by atoms with Crippen molar-refractivity contribution in [3.05, 3.63) is 33.8 Å². The van der Waals surface area contributed by atoms with Crippen LogP contribution >= 0.6 is 15.9 Å². The topological polar surface area (TPSA) is 20.3 Å².